The van der Waals surface area contributed by atoms with Crippen molar-refractivity contribution < 1.29 is 19.4 Å². The van der Waals surface area contributed by atoms with Gasteiger partial charge in [-0.05, 0) is 20.8 Å². The van der Waals surface area contributed by atoms with Crippen LogP contribution < -0.4 is 5.32 Å². The van der Waals surface area contributed by atoms with E-state index in [1.165, 1.54) is 7.11 Å². The number of hydrogen-bond acceptors (Lipinski definition) is 5. The Morgan fingerprint density at radius 1 is 1.47 bits per heavy atom. The third-order valence-corrected chi connectivity index (χ3v) is 1.54. The molecule has 0 spiro atoms. The lowest BCUT2D eigenvalue weighted by molar-refractivity contribution is -0.162. The molecule has 5 heteroatoms. The van der Waals surface area contributed by atoms with Gasteiger partial charge in [-0.1, -0.05) is 0 Å². The van der Waals surface area contributed by atoms with Gasteiger partial charge in [-0.3, -0.25) is 4.79 Å². The summed E-state index contributed by atoms with van der Waals surface area (Å²) in [5.41, 5.74) is -0.372. The molecule has 15 heavy (non-hydrogen) atoms. The fourth-order valence-corrected chi connectivity index (χ4v) is 0.968. The topological polar surface area (TPSA) is 67.8 Å². The maximum atomic E-state index is 10.7. The highest BCUT2D eigenvalue weighted by Gasteiger charge is 2.15. The van der Waals surface area contributed by atoms with Crippen LogP contribution in [0, 0.1) is 0 Å². The van der Waals surface area contributed by atoms with Crippen molar-refractivity contribution in [2.75, 3.05) is 20.2 Å². The van der Waals surface area contributed by atoms with E-state index in [-0.39, 0.29) is 11.6 Å². The van der Waals surface area contributed by atoms with Gasteiger partial charge in [-0.15, -0.1) is 0 Å². The first kappa shape index (κ1) is 14.3. The molecule has 2 N–H and O–H groups in total. The molecule has 0 aliphatic carbocycles. The van der Waals surface area contributed by atoms with Crippen molar-refractivity contribution in [3.8, 4) is 0 Å². The molecule has 0 saturated carbocycles. The van der Waals surface area contributed by atoms with Gasteiger partial charge in [0, 0.05) is 13.1 Å². The van der Waals surface area contributed by atoms with Gasteiger partial charge in [0.05, 0.1) is 19.1 Å². The van der Waals surface area contributed by atoms with E-state index in [2.05, 4.69) is 10.1 Å². The number of ether oxygens (including phenoxy) is 2. The lowest BCUT2D eigenvalue weighted by Crippen LogP contribution is -2.35. The summed E-state index contributed by atoms with van der Waals surface area (Å²) in [6, 6.07) is 0. The molecule has 1 atom stereocenters. The van der Waals surface area contributed by atoms with E-state index in [0.29, 0.717) is 19.5 Å². The summed E-state index contributed by atoms with van der Waals surface area (Å²) in [7, 11) is 1.35. The standard InChI is InChI=1S/C10H21NO4/c1-10(2,3)15-9(13)7-11-6-5-8(12)14-4/h9,11,13H,5-7H2,1-4H3. The molecular weight excluding hydrogens is 198 g/mol. The monoisotopic (exact) mass is 219 g/mol. The molecule has 0 radical (unpaired) electrons. The Morgan fingerprint density at radius 2 is 2.07 bits per heavy atom. The number of methoxy groups -OCH3 is 1. The van der Waals surface area contributed by atoms with Crippen LogP contribution in [0.25, 0.3) is 0 Å². The van der Waals surface area contributed by atoms with Crippen LogP contribution in [-0.4, -0.2) is 43.2 Å². The number of nitrogens with one attached hydrogen (secondary N) is 1. The third-order valence-electron chi connectivity index (χ3n) is 1.54. The number of carbonyl (C=O) groups is 1. The van der Waals surface area contributed by atoms with Crippen molar-refractivity contribution in [2.24, 2.45) is 0 Å². The SMILES string of the molecule is COC(=O)CCNCC(O)OC(C)(C)C. The lowest BCUT2D eigenvalue weighted by Gasteiger charge is -2.24. The predicted molar refractivity (Wildman–Crippen MR) is 56.3 cm³/mol. The maximum absolute atomic E-state index is 10.7. The Hall–Kier alpha value is -0.650. The second kappa shape index (κ2) is 6.76. The molecule has 0 aromatic rings. The van der Waals surface area contributed by atoms with Gasteiger partial charge in [-0.2, -0.15) is 0 Å². The fourth-order valence-electron chi connectivity index (χ4n) is 0.968. The number of rotatable bonds is 6. The van der Waals surface area contributed by atoms with Gasteiger partial charge >= 0.3 is 5.97 Å². The van der Waals surface area contributed by atoms with E-state index < -0.39 is 6.29 Å². The minimum absolute atomic E-state index is 0.270. The molecule has 0 heterocycles. The summed E-state index contributed by atoms with van der Waals surface area (Å²) >= 11 is 0. The Kier molecular flexibility index (Phi) is 6.47. The zero-order chi connectivity index (χ0) is 11.9. The maximum Gasteiger partial charge on any atom is 0.306 e. The first-order chi connectivity index (χ1) is 6.85. The minimum atomic E-state index is -0.859. The average molecular weight is 219 g/mol. The van der Waals surface area contributed by atoms with Crippen LogP contribution in [0.4, 0.5) is 0 Å². The first-order valence-electron chi connectivity index (χ1n) is 4.98. The van der Waals surface area contributed by atoms with Gasteiger partial charge in [0.25, 0.3) is 0 Å². The predicted octanol–water partition coefficient (Wildman–Crippen LogP) is 0.273. The molecule has 0 aromatic heterocycles. The summed E-state index contributed by atoms with van der Waals surface area (Å²) in [5.74, 6) is -0.270. The molecule has 0 rings (SSSR count). The van der Waals surface area contributed by atoms with E-state index in [9.17, 15) is 9.90 Å². The molecule has 1 unspecified atom stereocenters. The van der Waals surface area contributed by atoms with Crippen LogP contribution in [-0.2, 0) is 14.3 Å². The second-order valence-electron chi connectivity index (χ2n) is 4.22. The molecule has 0 amide bonds. The average Bonchev–Trinajstić information content (AvgIpc) is 2.09. The molecule has 5 nitrogen and oxygen atoms in total. The molecule has 0 aliphatic heterocycles. The summed E-state index contributed by atoms with van der Waals surface area (Å²) in [6.45, 7) is 6.37. The Bertz CT molecular complexity index is 188. The lowest BCUT2D eigenvalue weighted by atomic mass is 10.2. The van der Waals surface area contributed by atoms with E-state index in [1.807, 2.05) is 20.8 Å². The van der Waals surface area contributed by atoms with Crippen molar-refractivity contribution in [1.29, 1.82) is 0 Å². The molecule has 90 valence electrons. The second-order valence-corrected chi connectivity index (χ2v) is 4.22. The van der Waals surface area contributed by atoms with E-state index in [4.69, 9.17) is 4.74 Å². The highest BCUT2D eigenvalue weighted by molar-refractivity contribution is 5.69. The summed E-state index contributed by atoms with van der Waals surface area (Å²) in [5, 5.41) is 12.3. The van der Waals surface area contributed by atoms with Crippen LogP contribution in [0.15, 0.2) is 0 Å². The smallest absolute Gasteiger partial charge is 0.306 e. The van der Waals surface area contributed by atoms with Gasteiger partial charge in [-0.25, -0.2) is 0 Å². The van der Waals surface area contributed by atoms with Crippen molar-refractivity contribution in [1.82, 2.24) is 5.32 Å². The number of carbonyl (C=O) groups excluding carboxylic acids is 1. The van der Waals surface area contributed by atoms with E-state index >= 15 is 0 Å². The van der Waals surface area contributed by atoms with Gasteiger partial charge < -0.3 is 19.9 Å². The highest BCUT2D eigenvalue weighted by Crippen LogP contribution is 2.08. The Morgan fingerprint density at radius 3 is 2.53 bits per heavy atom. The first-order valence-corrected chi connectivity index (χ1v) is 4.98. The van der Waals surface area contributed by atoms with Crippen molar-refractivity contribution in [2.45, 2.75) is 39.1 Å². The van der Waals surface area contributed by atoms with Gasteiger partial charge in [0.2, 0.25) is 0 Å². The molecule has 0 bridgehead atoms. The summed E-state index contributed by atoms with van der Waals surface area (Å²) < 4.78 is 9.71. The largest absolute Gasteiger partial charge is 0.469 e. The molecule has 0 aromatic carbocycles. The van der Waals surface area contributed by atoms with Crippen LogP contribution in [0.2, 0.25) is 0 Å². The van der Waals surface area contributed by atoms with Crippen molar-refractivity contribution in [3.63, 3.8) is 0 Å². The molecule has 0 saturated heterocycles. The fraction of sp³-hybridized carbons (Fsp3) is 0.900. The number of hydrogen-bond donors (Lipinski definition) is 2. The normalized spacial score (nSPS) is 13.7. The Labute approximate surface area is 90.8 Å². The zero-order valence-electron chi connectivity index (χ0n) is 9.87. The van der Waals surface area contributed by atoms with Crippen LogP contribution in [0.5, 0.6) is 0 Å². The Balaban J connectivity index is 3.47. The third kappa shape index (κ3) is 9.65. The van der Waals surface area contributed by atoms with Crippen LogP contribution in [0.3, 0.4) is 0 Å². The molecule has 0 fully saturated rings. The van der Waals surface area contributed by atoms with Crippen molar-refractivity contribution >= 4 is 5.97 Å². The molecular formula is C10H21NO4. The minimum Gasteiger partial charge on any atom is -0.469 e. The van der Waals surface area contributed by atoms with Gasteiger partial charge in [0.15, 0.2) is 6.29 Å². The van der Waals surface area contributed by atoms with Crippen LogP contribution in [0.1, 0.15) is 27.2 Å². The van der Waals surface area contributed by atoms with E-state index in [0.717, 1.165) is 0 Å². The molecule has 0 aliphatic rings. The quantitative estimate of drug-likeness (QED) is 0.381. The van der Waals surface area contributed by atoms with Crippen LogP contribution >= 0.6 is 0 Å². The summed E-state index contributed by atoms with van der Waals surface area (Å²) in [4.78, 5) is 10.7. The number of aliphatic hydroxyl groups excluding tert-OH is 1. The number of esters is 1. The number of aliphatic hydroxyl groups is 1. The van der Waals surface area contributed by atoms with E-state index in [1.54, 1.807) is 0 Å². The van der Waals surface area contributed by atoms with Crippen molar-refractivity contribution in [3.05, 3.63) is 0 Å². The zero-order valence-corrected chi connectivity index (χ0v) is 9.87. The highest BCUT2D eigenvalue weighted by atomic mass is 16.6. The summed E-state index contributed by atoms with van der Waals surface area (Å²) in [6.07, 6.45) is -0.568. The van der Waals surface area contributed by atoms with Gasteiger partial charge in [0.1, 0.15) is 0 Å².